The maximum Gasteiger partial charge on any atom is 0.150 e. The van der Waals surface area contributed by atoms with E-state index >= 15 is 0 Å². The minimum Gasteiger partial charge on any atom is -0.287 e. The first-order chi connectivity index (χ1) is 8.99. The van der Waals surface area contributed by atoms with E-state index in [4.69, 9.17) is 10.8 Å². The van der Waals surface area contributed by atoms with Crippen molar-refractivity contribution in [2.45, 2.75) is 52.6 Å². The number of nitrogens with zero attached hydrogens (tertiary/aromatic N) is 4. The zero-order valence-electron chi connectivity index (χ0n) is 13.9. The molecule has 0 fully saturated rings. The SMILES string of the molecule is CCN(O)C(=N)C(C)(C)N=NC(C)(C)C(=N)N(O)CC.Cl.Cl. The summed E-state index contributed by atoms with van der Waals surface area (Å²) in [5.74, 6) is -0.162. The van der Waals surface area contributed by atoms with E-state index in [1.165, 1.54) is 0 Å². The van der Waals surface area contributed by atoms with E-state index in [0.717, 1.165) is 10.1 Å². The van der Waals surface area contributed by atoms with Gasteiger partial charge in [0, 0.05) is 13.1 Å². The number of amidine groups is 2. The molecule has 0 unspecified atom stereocenters. The molecule has 22 heavy (non-hydrogen) atoms. The Morgan fingerprint density at radius 2 is 1.05 bits per heavy atom. The summed E-state index contributed by atoms with van der Waals surface area (Å²) >= 11 is 0. The van der Waals surface area contributed by atoms with Gasteiger partial charge in [0.2, 0.25) is 0 Å². The molecular formula is C12H28Cl2N6O2. The zero-order chi connectivity index (χ0) is 16.1. The van der Waals surface area contributed by atoms with Crippen LogP contribution in [0.1, 0.15) is 41.5 Å². The molecule has 0 radical (unpaired) electrons. The summed E-state index contributed by atoms with van der Waals surface area (Å²) in [6, 6.07) is 0. The Balaban J connectivity index is -0.00000180. The number of hydrogen-bond acceptors (Lipinski definition) is 6. The van der Waals surface area contributed by atoms with Gasteiger partial charge in [-0.2, -0.15) is 10.2 Å². The summed E-state index contributed by atoms with van der Waals surface area (Å²) in [4.78, 5) is 0. The summed E-state index contributed by atoms with van der Waals surface area (Å²) < 4.78 is 0. The first-order valence-electron chi connectivity index (χ1n) is 6.54. The highest BCUT2D eigenvalue weighted by Gasteiger charge is 2.31. The lowest BCUT2D eigenvalue weighted by Crippen LogP contribution is -2.44. The fourth-order valence-electron chi connectivity index (χ4n) is 1.29. The van der Waals surface area contributed by atoms with Crippen molar-refractivity contribution in [2.24, 2.45) is 10.2 Å². The van der Waals surface area contributed by atoms with Crippen LogP contribution in [-0.4, -0.2) is 56.4 Å². The van der Waals surface area contributed by atoms with Gasteiger partial charge in [-0.15, -0.1) is 24.8 Å². The van der Waals surface area contributed by atoms with Crippen molar-refractivity contribution in [1.82, 2.24) is 10.1 Å². The molecule has 0 amide bonds. The molecule has 0 aliphatic carbocycles. The number of halogens is 2. The van der Waals surface area contributed by atoms with Crippen LogP contribution in [0, 0.1) is 10.8 Å². The number of likely N-dealkylation sites (N-methyl/N-ethyl adjacent to an activating group) is 2. The lowest BCUT2D eigenvalue weighted by molar-refractivity contribution is -0.0178. The Labute approximate surface area is 144 Å². The quantitative estimate of drug-likeness (QED) is 0.252. The first kappa shape index (κ1) is 26.0. The molecule has 0 atom stereocenters. The van der Waals surface area contributed by atoms with Gasteiger partial charge in [0.1, 0.15) is 22.7 Å². The smallest absolute Gasteiger partial charge is 0.150 e. The molecular weight excluding hydrogens is 331 g/mol. The summed E-state index contributed by atoms with van der Waals surface area (Å²) in [5, 5.41) is 44.5. The van der Waals surface area contributed by atoms with E-state index in [1.54, 1.807) is 41.5 Å². The molecule has 0 aromatic heterocycles. The fourth-order valence-corrected chi connectivity index (χ4v) is 1.29. The van der Waals surface area contributed by atoms with E-state index < -0.39 is 11.1 Å². The number of hydrogen-bond donors (Lipinski definition) is 4. The zero-order valence-corrected chi connectivity index (χ0v) is 15.5. The number of nitrogens with one attached hydrogen (secondary N) is 2. The third-order valence-corrected chi connectivity index (χ3v) is 2.82. The largest absolute Gasteiger partial charge is 0.287 e. The molecule has 0 bridgehead atoms. The molecule has 0 spiro atoms. The second-order valence-electron chi connectivity index (χ2n) is 5.45. The molecule has 0 heterocycles. The minimum absolute atomic E-state index is 0. The minimum atomic E-state index is -1.02. The van der Waals surface area contributed by atoms with E-state index in [-0.39, 0.29) is 49.6 Å². The molecule has 8 nitrogen and oxygen atoms in total. The standard InChI is InChI=1S/C12H26N6O2.2ClH/c1-7-17(19)9(13)11(3,4)15-16-12(5,6)10(14)18(20)8-2;;/h13-14,19-20H,7-8H2,1-6H3;2*1H. The van der Waals surface area contributed by atoms with Gasteiger partial charge in [0.05, 0.1) is 0 Å². The summed E-state index contributed by atoms with van der Waals surface area (Å²) in [5.41, 5.74) is -2.04. The maximum atomic E-state index is 9.54. The Kier molecular flexibility index (Phi) is 11.7. The summed E-state index contributed by atoms with van der Waals surface area (Å²) in [6.07, 6.45) is 0. The van der Waals surface area contributed by atoms with Crippen LogP contribution in [0.5, 0.6) is 0 Å². The van der Waals surface area contributed by atoms with Gasteiger partial charge in [-0.05, 0) is 41.5 Å². The topological polar surface area (TPSA) is 119 Å². The molecule has 0 aliphatic heterocycles. The maximum absolute atomic E-state index is 9.54. The molecule has 0 aromatic rings. The fraction of sp³-hybridized carbons (Fsp3) is 0.833. The Morgan fingerprint density at radius 3 is 1.23 bits per heavy atom. The van der Waals surface area contributed by atoms with E-state index in [1.807, 2.05) is 0 Å². The van der Waals surface area contributed by atoms with Crippen LogP contribution in [0.2, 0.25) is 0 Å². The predicted octanol–water partition coefficient (Wildman–Crippen LogP) is 3.22. The van der Waals surface area contributed by atoms with Gasteiger partial charge in [-0.1, -0.05) is 0 Å². The monoisotopic (exact) mass is 358 g/mol. The second-order valence-corrected chi connectivity index (χ2v) is 5.45. The number of hydroxylamine groups is 4. The third kappa shape index (κ3) is 6.87. The van der Waals surface area contributed by atoms with Crippen molar-refractivity contribution in [3.8, 4) is 0 Å². The van der Waals surface area contributed by atoms with Crippen LogP contribution in [-0.2, 0) is 0 Å². The van der Waals surface area contributed by atoms with Crippen molar-refractivity contribution in [1.29, 1.82) is 10.8 Å². The molecule has 132 valence electrons. The molecule has 0 rings (SSSR count). The highest BCUT2D eigenvalue weighted by atomic mass is 35.5. The summed E-state index contributed by atoms with van der Waals surface area (Å²) in [7, 11) is 0. The summed E-state index contributed by atoms with van der Waals surface area (Å²) in [6.45, 7) is 10.6. The normalized spacial score (nSPS) is 11.5. The lowest BCUT2D eigenvalue weighted by atomic mass is 10.0. The van der Waals surface area contributed by atoms with Crippen molar-refractivity contribution >= 4 is 36.5 Å². The highest BCUT2D eigenvalue weighted by Crippen LogP contribution is 2.19. The van der Waals surface area contributed by atoms with Crippen LogP contribution < -0.4 is 0 Å². The van der Waals surface area contributed by atoms with Gasteiger partial charge in [-0.3, -0.25) is 21.2 Å². The Morgan fingerprint density at radius 1 is 0.818 bits per heavy atom. The second kappa shape index (κ2) is 9.94. The predicted molar refractivity (Wildman–Crippen MR) is 91.3 cm³/mol. The average molecular weight is 359 g/mol. The van der Waals surface area contributed by atoms with Crippen molar-refractivity contribution in [3.63, 3.8) is 0 Å². The van der Waals surface area contributed by atoms with Gasteiger partial charge in [0.25, 0.3) is 0 Å². The van der Waals surface area contributed by atoms with E-state index in [9.17, 15) is 10.4 Å². The Hall–Kier alpha value is -0.960. The van der Waals surface area contributed by atoms with Gasteiger partial charge in [-0.25, -0.2) is 10.1 Å². The van der Waals surface area contributed by atoms with Gasteiger partial charge < -0.3 is 0 Å². The number of rotatable bonds is 6. The van der Waals surface area contributed by atoms with E-state index in [0.29, 0.717) is 0 Å². The molecule has 0 aromatic carbocycles. The van der Waals surface area contributed by atoms with Crippen LogP contribution in [0.3, 0.4) is 0 Å². The Bertz CT molecular complexity index is 365. The molecule has 10 heteroatoms. The van der Waals surface area contributed by atoms with Crippen LogP contribution >= 0.6 is 24.8 Å². The molecule has 4 N–H and O–H groups in total. The molecule has 0 saturated heterocycles. The van der Waals surface area contributed by atoms with E-state index in [2.05, 4.69) is 10.2 Å². The molecule has 0 aliphatic rings. The number of azo groups is 1. The van der Waals surface area contributed by atoms with Crippen molar-refractivity contribution in [3.05, 3.63) is 0 Å². The van der Waals surface area contributed by atoms with Crippen molar-refractivity contribution in [2.75, 3.05) is 13.1 Å². The lowest BCUT2D eigenvalue weighted by Gasteiger charge is -2.29. The van der Waals surface area contributed by atoms with Gasteiger partial charge in [0.15, 0.2) is 0 Å². The van der Waals surface area contributed by atoms with Crippen LogP contribution in [0.4, 0.5) is 0 Å². The first-order valence-corrected chi connectivity index (χ1v) is 6.54. The molecule has 0 saturated carbocycles. The van der Waals surface area contributed by atoms with Crippen LogP contribution in [0.15, 0.2) is 10.2 Å². The van der Waals surface area contributed by atoms with Crippen molar-refractivity contribution < 1.29 is 10.4 Å². The third-order valence-electron chi connectivity index (χ3n) is 2.82. The average Bonchev–Trinajstić information content (AvgIpc) is 2.41. The van der Waals surface area contributed by atoms with Crippen LogP contribution in [0.25, 0.3) is 0 Å². The van der Waals surface area contributed by atoms with Gasteiger partial charge >= 0.3 is 0 Å². The highest BCUT2D eigenvalue weighted by molar-refractivity contribution is 5.88.